The summed E-state index contributed by atoms with van der Waals surface area (Å²) >= 11 is 3.49. The third-order valence-corrected chi connectivity index (χ3v) is 3.79. The summed E-state index contributed by atoms with van der Waals surface area (Å²) in [6.45, 7) is 5.66. The maximum absolute atomic E-state index is 11.4. The standard InChI is InChI=1S/C15H22BrNO2/c1-4-12(15(18)19-3)10-17-8-7-13-9-14(16)6-5-11(13)2/h5-6,9,12,17H,4,7-8,10H2,1-3H3. The Morgan fingerprint density at radius 3 is 2.84 bits per heavy atom. The van der Waals surface area contributed by atoms with Crippen LogP contribution in [0.25, 0.3) is 0 Å². The molecule has 1 rings (SSSR count). The normalized spacial score (nSPS) is 12.2. The molecule has 106 valence electrons. The van der Waals surface area contributed by atoms with Crippen LogP contribution in [0.1, 0.15) is 24.5 Å². The number of benzene rings is 1. The predicted molar refractivity (Wildman–Crippen MR) is 81.2 cm³/mol. The minimum absolute atomic E-state index is 0.0476. The number of methoxy groups -OCH3 is 1. The van der Waals surface area contributed by atoms with Gasteiger partial charge in [0.05, 0.1) is 13.0 Å². The van der Waals surface area contributed by atoms with E-state index in [1.54, 1.807) is 0 Å². The van der Waals surface area contributed by atoms with E-state index in [1.165, 1.54) is 18.2 Å². The third-order valence-electron chi connectivity index (χ3n) is 3.30. The van der Waals surface area contributed by atoms with Gasteiger partial charge in [-0.15, -0.1) is 0 Å². The molecule has 19 heavy (non-hydrogen) atoms. The smallest absolute Gasteiger partial charge is 0.309 e. The fourth-order valence-electron chi connectivity index (χ4n) is 1.97. The van der Waals surface area contributed by atoms with Gasteiger partial charge in [-0.3, -0.25) is 4.79 Å². The average Bonchev–Trinajstić information content (AvgIpc) is 2.41. The molecular weight excluding hydrogens is 306 g/mol. The van der Waals surface area contributed by atoms with Crippen LogP contribution in [0.15, 0.2) is 22.7 Å². The summed E-state index contributed by atoms with van der Waals surface area (Å²) < 4.78 is 5.87. The first-order chi connectivity index (χ1) is 9.08. The van der Waals surface area contributed by atoms with Crippen molar-refractivity contribution in [2.45, 2.75) is 26.7 Å². The van der Waals surface area contributed by atoms with Crippen LogP contribution in [0.5, 0.6) is 0 Å². The zero-order valence-electron chi connectivity index (χ0n) is 11.8. The molecule has 0 aliphatic carbocycles. The summed E-state index contributed by atoms with van der Waals surface area (Å²) in [5.74, 6) is -0.178. The molecule has 0 bridgehead atoms. The van der Waals surface area contributed by atoms with Crippen molar-refractivity contribution in [2.24, 2.45) is 5.92 Å². The molecule has 0 aliphatic heterocycles. The van der Waals surface area contributed by atoms with E-state index >= 15 is 0 Å². The van der Waals surface area contributed by atoms with E-state index in [9.17, 15) is 4.79 Å². The third kappa shape index (κ3) is 5.33. The number of esters is 1. The second-order valence-corrected chi connectivity index (χ2v) is 5.57. The number of rotatable bonds is 7. The Labute approximate surface area is 123 Å². The van der Waals surface area contributed by atoms with Crippen molar-refractivity contribution >= 4 is 21.9 Å². The summed E-state index contributed by atoms with van der Waals surface area (Å²) in [7, 11) is 1.44. The number of ether oxygens (including phenoxy) is 1. The van der Waals surface area contributed by atoms with Crippen LogP contribution >= 0.6 is 15.9 Å². The lowest BCUT2D eigenvalue weighted by Crippen LogP contribution is -2.30. The molecule has 1 aromatic rings. The van der Waals surface area contributed by atoms with E-state index in [1.807, 2.05) is 6.92 Å². The average molecular weight is 328 g/mol. The van der Waals surface area contributed by atoms with Crippen LogP contribution < -0.4 is 5.32 Å². The molecule has 0 aromatic heterocycles. The molecule has 0 fully saturated rings. The van der Waals surface area contributed by atoms with Gasteiger partial charge in [-0.1, -0.05) is 28.9 Å². The second-order valence-electron chi connectivity index (χ2n) is 4.65. The Hall–Kier alpha value is -0.870. The van der Waals surface area contributed by atoms with Crippen LogP contribution in [0, 0.1) is 12.8 Å². The molecule has 0 spiro atoms. The van der Waals surface area contributed by atoms with Gasteiger partial charge in [0.2, 0.25) is 0 Å². The van der Waals surface area contributed by atoms with Gasteiger partial charge in [0.1, 0.15) is 0 Å². The van der Waals surface area contributed by atoms with E-state index in [-0.39, 0.29) is 11.9 Å². The van der Waals surface area contributed by atoms with Crippen LogP contribution in [-0.4, -0.2) is 26.2 Å². The van der Waals surface area contributed by atoms with E-state index in [2.05, 4.69) is 46.4 Å². The van der Waals surface area contributed by atoms with Crippen LogP contribution in [0.2, 0.25) is 0 Å². The number of nitrogens with one attached hydrogen (secondary N) is 1. The summed E-state index contributed by atoms with van der Waals surface area (Å²) in [6, 6.07) is 6.31. The van der Waals surface area contributed by atoms with Gasteiger partial charge in [-0.2, -0.15) is 0 Å². The van der Waals surface area contributed by atoms with E-state index in [4.69, 9.17) is 4.74 Å². The van der Waals surface area contributed by atoms with Crippen molar-refractivity contribution < 1.29 is 9.53 Å². The molecule has 1 unspecified atom stereocenters. The Morgan fingerprint density at radius 2 is 2.21 bits per heavy atom. The zero-order valence-corrected chi connectivity index (χ0v) is 13.4. The monoisotopic (exact) mass is 327 g/mol. The van der Waals surface area contributed by atoms with E-state index in [0.29, 0.717) is 6.54 Å². The molecule has 0 saturated heterocycles. The quantitative estimate of drug-likeness (QED) is 0.617. The van der Waals surface area contributed by atoms with Gasteiger partial charge in [0.25, 0.3) is 0 Å². The molecule has 4 heteroatoms. The molecule has 0 radical (unpaired) electrons. The largest absolute Gasteiger partial charge is 0.469 e. The minimum atomic E-state index is -0.131. The lowest BCUT2D eigenvalue weighted by atomic mass is 10.1. The molecule has 3 nitrogen and oxygen atoms in total. The fraction of sp³-hybridized carbons (Fsp3) is 0.533. The highest BCUT2D eigenvalue weighted by molar-refractivity contribution is 9.10. The highest BCUT2D eigenvalue weighted by Gasteiger charge is 2.15. The topological polar surface area (TPSA) is 38.3 Å². The Kier molecular flexibility index (Phi) is 7.10. The lowest BCUT2D eigenvalue weighted by Gasteiger charge is -2.13. The van der Waals surface area contributed by atoms with Gasteiger partial charge >= 0.3 is 5.97 Å². The summed E-state index contributed by atoms with van der Waals surface area (Å²) in [5, 5.41) is 3.33. The molecule has 0 heterocycles. The number of halogens is 1. The van der Waals surface area contributed by atoms with Crippen molar-refractivity contribution in [3.63, 3.8) is 0 Å². The summed E-state index contributed by atoms with van der Waals surface area (Å²) in [4.78, 5) is 11.4. The number of carbonyl (C=O) groups is 1. The molecule has 1 atom stereocenters. The van der Waals surface area contributed by atoms with Crippen molar-refractivity contribution in [1.82, 2.24) is 5.32 Å². The SMILES string of the molecule is CCC(CNCCc1cc(Br)ccc1C)C(=O)OC. The van der Waals surface area contributed by atoms with E-state index < -0.39 is 0 Å². The highest BCUT2D eigenvalue weighted by Crippen LogP contribution is 2.16. The molecule has 0 amide bonds. The fourth-order valence-corrected chi connectivity index (χ4v) is 2.38. The van der Waals surface area contributed by atoms with Crippen molar-refractivity contribution in [1.29, 1.82) is 0 Å². The van der Waals surface area contributed by atoms with E-state index in [0.717, 1.165) is 23.9 Å². The Bertz CT molecular complexity index is 421. The summed E-state index contributed by atoms with van der Waals surface area (Å²) in [5.41, 5.74) is 2.62. The van der Waals surface area contributed by atoms with Gasteiger partial charge in [-0.05, 0) is 49.6 Å². The van der Waals surface area contributed by atoms with Gasteiger partial charge in [-0.25, -0.2) is 0 Å². The summed E-state index contributed by atoms with van der Waals surface area (Å²) in [6.07, 6.45) is 1.76. The van der Waals surface area contributed by atoms with Crippen LogP contribution in [0.4, 0.5) is 0 Å². The molecule has 1 aromatic carbocycles. The van der Waals surface area contributed by atoms with Gasteiger partial charge < -0.3 is 10.1 Å². The maximum Gasteiger partial charge on any atom is 0.309 e. The van der Waals surface area contributed by atoms with Crippen LogP contribution in [-0.2, 0) is 16.0 Å². The Balaban J connectivity index is 2.38. The highest BCUT2D eigenvalue weighted by atomic mass is 79.9. The first-order valence-corrected chi connectivity index (χ1v) is 7.41. The lowest BCUT2D eigenvalue weighted by molar-refractivity contribution is -0.145. The zero-order chi connectivity index (χ0) is 14.3. The second kappa shape index (κ2) is 8.33. The molecular formula is C15H22BrNO2. The minimum Gasteiger partial charge on any atom is -0.469 e. The van der Waals surface area contributed by atoms with Crippen LogP contribution in [0.3, 0.4) is 0 Å². The Morgan fingerprint density at radius 1 is 1.47 bits per heavy atom. The molecule has 0 saturated carbocycles. The van der Waals surface area contributed by atoms with Gasteiger partial charge in [0, 0.05) is 11.0 Å². The van der Waals surface area contributed by atoms with Gasteiger partial charge in [0.15, 0.2) is 0 Å². The first-order valence-electron chi connectivity index (χ1n) is 6.62. The molecule has 0 aliphatic rings. The molecule has 1 N–H and O–H groups in total. The predicted octanol–water partition coefficient (Wildman–Crippen LogP) is 3.09. The van der Waals surface area contributed by atoms with Crippen molar-refractivity contribution in [3.05, 3.63) is 33.8 Å². The number of hydrogen-bond donors (Lipinski definition) is 1. The number of hydrogen-bond acceptors (Lipinski definition) is 3. The maximum atomic E-state index is 11.4. The van der Waals surface area contributed by atoms with Crippen molar-refractivity contribution in [2.75, 3.05) is 20.2 Å². The number of aryl methyl sites for hydroxylation is 1. The number of carbonyl (C=O) groups excluding carboxylic acids is 1. The first kappa shape index (κ1) is 16.2. The van der Waals surface area contributed by atoms with Crippen molar-refractivity contribution in [3.8, 4) is 0 Å².